The maximum absolute atomic E-state index is 13.7. The van der Waals surface area contributed by atoms with Crippen molar-refractivity contribution in [3.8, 4) is 0 Å². The van der Waals surface area contributed by atoms with Crippen molar-refractivity contribution >= 4 is 5.91 Å². The van der Waals surface area contributed by atoms with E-state index in [0.29, 0.717) is 18.5 Å². The Labute approximate surface area is 181 Å². The molecule has 2 aromatic carbocycles. The van der Waals surface area contributed by atoms with Crippen LogP contribution in [0.3, 0.4) is 0 Å². The molecule has 3 nitrogen and oxygen atoms in total. The third-order valence-corrected chi connectivity index (χ3v) is 6.25. The molecule has 31 heavy (non-hydrogen) atoms. The largest absolute Gasteiger partial charge is 0.416 e. The molecule has 1 saturated heterocycles. The lowest BCUT2D eigenvalue weighted by Gasteiger charge is -2.35. The van der Waals surface area contributed by atoms with Crippen LogP contribution in [0.1, 0.15) is 47.9 Å². The molecule has 0 spiro atoms. The summed E-state index contributed by atoms with van der Waals surface area (Å²) < 4.78 is 38.9. The molecule has 0 radical (unpaired) electrons. The van der Waals surface area contributed by atoms with Crippen molar-refractivity contribution in [3.63, 3.8) is 0 Å². The standard InChI is InChI=1S/C25H27F3N2O/c26-25(27,28)21-13-11-19(12-14-21)22-10-4-5-17-30(24(22)31)23(18-29-15-6-7-16-29)20-8-2-1-3-9-20/h1-5,8-9,11-14,22-23H,6-7,10,15-18H2. The average molecular weight is 428 g/mol. The van der Waals surface area contributed by atoms with Gasteiger partial charge in [-0.25, -0.2) is 0 Å². The van der Waals surface area contributed by atoms with Gasteiger partial charge in [0.2, 0.25) is 5.91 Å². The Morgan fingerprint density at radius 3 is 2.26 bits per heavy atom. The summed E-state index contributed by atoms with van der Waals surface area (Å²) >= 11 is 0. The van der Waals surface area contributed by atoms with E-state index in [1.54, 1.807) is 0 Å². The number of hydrogen-bond acceptors (Lipinski definition) is 2. The fraction of sp³-hybridized carbons (Fsp3) is 0.400. The quantitative estimate of drug-likeness (QED) is 0.594. The van der Waals surface area contributed by atoms with E-state index in [-0.39, 0.29) is 11.9 Å². The lowest BCUT2D eigenvalue weighted by molar-refractivity contribution is -0.137. The van der Waals surface area contributed by atoms with Gasteiger partial charge >= 0.3 is 6.18 Å². The van der Waals surface area contributed by atoms with Crippen molar-refractivity contribution in [2.75, 3.05) is 26.2 Å². The number of carbonyl (C=O) groups excluding carboxylic acids is 1. The van der Waals surface area contributed by atoms with Crippen LogP contribution in [0.25, 0.3) is 0 Å². The summed E-state index contributed by atoms with van der Waals surface area (Å²) in [5, 5.41) is 0. The van der Waals surface area contributed by atoms with Gasteiger partial charge in [-0.1, -0.05) is 54.6 Å². The normalized spacial score (nSPS) is 21.3. The highest BCUT2D eigenvalue weighted by atomic mass is 19.4. The highest BCUT2D eigenvalue weighted by Crippen LogP contribution is 2.34. The molecule has 0 saturated carbocycles. The second-order valence-electron chi connectivity index (χ2n) is 8.30. The van der Waals surface area contributed by atoms with E-state index < -0.39 is 17.7 Å². The van der Waals surface area contributed by atoms with Gasteiger partial charge in [0.05, 0.1) is 17.5 Å². The Hall–Kier alpha value is -2.60. The van der Waals surface area contributed by atoms with E-state index in [4.69, 9.17) is 0 Å². The number of rotatable bonds is 5. The molecule has 0 N–H and O–H groups in total. The van der Waals surface area contributed by atoms with Gasteiger partial charge in [-0.15, -0.1) is 0 Å². The Kier molecular flexibility index (Phi) is 6.46. The van der Waals surface area contributed by atoms with Crippen LogP contribution in [0.15, 0.2) is 66.7 Å². The highest BCUT2D eigenvalue weighted by Gasteiger charge is 2.34. The minimum atomic E-state index is -4.38. The first-order valence-corrected chi connectivity index (χ1v) is 10.8. The molecule has 0 aromatic heterocycles. The molecule has 2 aromatic rings. The first-order valence-electron chi connectivity index (χ1n) is 10.8. The predicted octanol–water partition coefficient (Wildman–Crippen LogP) is 5.41. The molecule has 2 aliphatic rings. The summed E-state index contributed by atoms with van der Waals surface area (Å²) in [6.07, 6.45) is 2.42. The highest BCUT2D eigenvalue weighted by molar-refractivity contribution is 5.85. The molecule has 0 bridgehead atoms. The number of carbonyl (C=O) groups is 1. The van der Waals surface area contributed by atoms with E-state index in [1.165, 1.54) is 25.0 Å². The Morgan fingerprint density at radius 1 is 0.935 bits per heavy atom. The van der Waals surface area contributed by atoms with Crippen LogP contribution >= 0.6 is 0 Å². The van der Waals surface area contributed by atoms with E-state index in [2.05, 4.69) is 17.0 Å². The van der Waals surface area contributed by atoms with Crippen LogP contribution in [0.5, 0.6) is 0 Å². The third-order valence-electron chi connectivity index (χ3n) is 6.25. The van der Waals surface area contributed by atoms with Crippen LogP contribution in [0, 0.1) is 0 Å². The second kappa shape index (κ2) is 9.27. The summed E-state index contributed by atoms with van der Waals surface area (Å²) in [6, 6.07) is 15.0. The lowest BCUT2D eigenvalue weighted by atomic mass is 9.92. The number of nitrogens with zero attached hydrogens (tertiary/aromatic N) is 2. The summed E-state index contributed by atoms with van der Waals surface area (Å²) in [5.41, 5.74) is 1.02. The number of benzene rings is 2. The van der Waals surface area contributed by atoms with Gasteiger partial charge in [0.15, 0.2) is 0 Å². The minimum Gasteiger partial charge on any atom is -0.330 e. The van der Waals surface area contributed by atoms with E-state index in [9.17, 15) is 18.0 Å². The van der Waals surface area contributed by atoms with E-state index in [0.717, 1.165) is 37.3 Å². The van der Waals surface area contributed by atoms with E-state index in [1.807, 2.05) is 35.3 Å². The molecule has 1 fully saturated rings. The maximum Gasteiger partial charge on any atom is 0.416 e. The third kappa shape index (κ3) is 5.01. The Bertz CT molecular complexity index is 903. The second-order valence-corrected chi connectivity index (χ2v) is 8.30. The summed E-state index contributed by atoms with van der Waals surface area (Å²) in [4.78, 5) is 18.0. The molecule has 2 aliphatic heterocycles. The molecule has 1 amide bonds. The smallest absolute Gasteiger partial charge is 0.330 e. The number of halogens is 3. The fourth-order valence-electron chi connectivity index (χ4n) is 4.54. The molecule has 2 unspecified atom stereocenters. The molecular formula is C25H27F3N2O. The molecule has 0 aliphatic carbocycles. The first-order chi connectivity index (χ1) is 14.9. The summed E-state index contributed by atoms with van der Waals surface area (Å²) in [6.45, 7) is 3.33. The van der Waals surface area contributed by atoms with Gasteiger partial charge in [-0.2, -0.15) is 13.2 Å². The topological polar surface area (TPSA) is 23.6 Å². The van der Waals surface area contributed by atoms with Crippen LogP contribution in [0.4, 0.5) is 13.2 Å². The average Bonchev–Trinajstić information content (AvgIpc) is 3.21. The monoisotopic (exact) mass is 428 g/mol. The SMILES string of the molecule is O=C1C(c2ccc(C(F)(F)F)cc2)CC=CCN1C(CN1CCCC1)c1ccccc1. The zero-order valence-electron chi connectivity index (χ0n) is 17.4. The zero-order chi connectivity index (χ0) is 21.8. The van der Waals surface area contributed by atoms with Crippen LogP contribution in [-0.2, 0) is 11.0 Å². The Balaban J connectivity index is 1.62. The zero-order valence-corrected chi connectivity index (χ0v) is 17.4. The van der Waals surface area contributed by atoms with Crippen LogP contribution in [0.2, 0.25) is 0 Å². The predicted molar refractivity (Wildman–Crippen MR) is 115 cm³/mol. The molecule has 164 valence electrons. The van der Waals surface area contributed by atoms with E-state index >= 15 is 0 Å². The van der Waals surface area contributed by atoms with Gasteiger partial charge in [-0.3, -0.25) is 4.79 Å². The van der Waals surface area contributed by atoms with Crippen molar-refractivity contribution < 1.29 is 18.0 Å². The summed E-state index contributed by atoms with van der Waals surface area (Å²) in [7, 11) is 0. The van der Waals surface area contributed by atoms with Crippen molar-refractivity contribution in [2.24, 2.45) is 0 Å². The van der Waals surface area contributed by atoms with Crippen LogP contribution < -0.4 is 0 Å². The number of hydrogen-bond donors (Lipinski definition) is 0. The van der Waals surface area contributed by atoms with Gasteiger partial charge in [0.1, 0.15) is 0 Å². The lowest BCUT2D eigenvalue weighted by Crippen LogP contribution is -2.42. The molecule has 6 heteroatoms. The molecule has 2 atom stereocenters. The number of amides is 1. The van der Waals surface area contributed by atoms with Crippen molar-refractivity contribution in [1.29, 1.82) is 0 Å². The summed E-state index contributed by atoms with van der Waals surface area (Å²) in [5.74, 6) is -0.511. The number of alkyl halides is 3. The van der Waals surface area contributed by atoms with Crippen molar-refractivity contribution in [2.45, 2.75) is 37.4 Å². The van der Waals surface area contributed by atoms with Gasteiger partial charge < -0.3 is 9.80 Å². The maximum atomic E-state index is 13.7. The van der Waals surface area contributed by atoms with Crippen molar-refractivity contribution in [3.05, 3.63) is 83.4 Å². The fourth-order valence-corrected chi connectivity index (χ4v) is 4.54. The molecular weight excluding hydrogens is 401 g/mol. The molecule has 2 heterocycles. The number of allylic oxidation sites excluding steroid dienone is 1. The van der Waals surface area contributed by atoms with Crippen LogP contribution in [-0.4, -0.2) is 41.9 Å². The number of likely N-dealkylation sites (tertiary alicyclic amines) is 1. The minimum absolute atomic E-state index is 0.0298. The Morgan fingerprint density at radius 2 is 1.61 bits per heavy atom. The first kappa shape index (κ1) is 21.6. The van der Waals surface area contributed by atoms with Crippen molar-refractivity contribution in [1.82, 2.24) is 9.80 Å². The van der Waals surface area contributed by atoms with Gasteiger partial charge in [-0.05, 0) is 55.6 Å². The van der Waals surface area contributed by atoms with Gasteiger partial charge in [0.25, 0.3) is 0 Å². The molecule has 4 rings (SSSR count). The van der Waals surface area contributed by atoms with Gasteiger partial charge in [0, 0.05) is 13.1 Å².